The third-order valence-corrected chi connectivity index (χ3v) is 7.98. The summed E-state index contributed by atoms with van der Waals surface area (Å²) >= 11 is 0. The van der Waals surface area contributed by atoms with Crippen LogP contribution in [0.5, 0.6) is 0 Å². The van der Waals surface area contributed by atoms with Crippen LogP contribution in [0.4, 0.5) is 0 Å². The molecule has 0 radical (unpaired) electrons. The van der Waals surface area contributed by atoms with Gasteiger partial charge in [0, 0.05) is 19.1 Å². The van der Waals surface area contributed by atoms with E-state index in [1.165, 1.54) is 11.4 Å². The molecule has 7 nitrogen and oxygen atoms in total. The minimum absolute atomic E-state index is 0.0626. The molecule has 1 saturated heterocycles. The number of fused-ring (bicyclic) bond motifs is 2. The van der Waals surface area contributed by atoms with E-state index in [2.05, 4.69) is 0 Å². The van der Waals surface area contributed by atoms with Crippen molar-refractivity contribution in [3.8, 4) is 0 Å². The molecule has 1 aromatic carbocycles. The van der Waals surface area contributed by atoms with E-state index < -0.39 is 33.9 Å². The largest absolute Gasteiger partial charge is 0.469 e. The number of hydrogen-bond donors (Lipinski definition) is 1. The van der Waals surface area contributed by atoms with Crippen molar-refractivity contribution in [2.75, 3.05) is 20.3 Å². The first-order valence-corrected chi connectivity index (χ1v) is 11.2. The van der Waals surface area contributed by atoms with Crippen LogP contribution in [-0.4, -0.2) is 55.9 Å². The lowest BCUT2D eigenvalue weighted by Gasteiger charge is -2.48. The first kappa shape index (κ1) is 21.7. The quantitative estimate of drug-likeness (QED) is 0.574. The van der Waals surface area contributed by atoms with Crippen LogP contribution in [0.2, 0.25) is 0 Å². The normalized spacial score (nSPS) is 29.1. The van der Waals surface area contributed by atoms with E-state index in [0.717, 1.165) is 11.1 Å². The molecule has 0 unspecified atom stereocenters. The second-order valence-corrected chi connectivity index (χ2v) is 9.55. The number of hydrogen-bond acceptors (Lipinski definition) is 6. The highest BCUT2D eigenvalue weighted by atomic mass is 32.2. The second-order valence-electron chi connectivity index (χ2n) is 7.65. The van der Waals surface area contributed by atoms with Crippen LogP contribution in [-0.2, 0) is 24.3 Å². The number of ether oxygens (including phenoxy) is 1. The number of aryl methyl sites for hydroxylation is 1. The average Bonchev–Trinajstić information content (AvgIpc) is 2.71. The van der Waals surface area contributed by atoms with Crippen LogP contribution in [0.25, 0.3) is 0 Å². The third-order valence-electron chi connectivity index (χ3n) is 6.11. The monoisotopic (exact) mass is 421 g/mol. The summed E-state index contributed by atoms with van der Waals surface area (Å²) in [5.74, 6) is -2.57. The maximum atomic E-state index is 13.3. The van der Waals surface area contributed by atoms with E-state index in [-0.39, 0.29) is 42.6 Å². The molecule has 3 rings (SSSR count). The van der Waals surface area contributed by atoms with Crippen LogP contribution in [0, 0.1) is 24.7 Å². The lowest BCUT2D eigenvalue weighted by Crippen LogP contribution is -2.60. The molecule has 1 heterocycles. The lowest BCUT2D eigenvalue weighted by atomic mass is 9.64. The van der Waals surface area contributed by atoms with Gasteiger partial charge in [-0.2, -0.15) is 4.31 Å². The Morgan fingerprint density at radius 2 is 1.97 bits per heavy atom. The number of sulfonamides is 1. The highest BCUT2D eigenvalue weighted by Crippen LogP contribution is 2.46. The number of esters is 1. The Bertz CT molecular complexity index is 921. The molecule has 8 heteroatoms. The van der Waals surface area contributed by atoms with Crippen molar-refractivity contribution in [2.24, 2.45) is 17.8 Å². The third kappa shape index (κ3) is 3.76. The highest BCUT2D eigenvalue weighted by Gasteiger charge is 2.55. The van der Waals surface area contributed by atoms with Crippen molar-refractivity contribution >= 4 is 21.8 Å². The molecule has 2 aliphatic rings. The van der Waals surface area contributed by atoms with Crippen molar-refractivity contribution < 1.29 is 27.9 Å². The zero-order valence-electron chi connectivity index (χ0n) is 16.9. The lowest BCUT2D eigenvalue weighted by molar-refractivity contribution is -0.157. The van der Waals surface area contributed by atoms with Crippen LogP contribution >= 0.6 is 0 Å². The molecular formula is C21H27NO6S. The van der Waals surface area contributed by atoms with Crippen molar-refractivity contribution in [3.63, 3.8) is 0 Å². The number of piperidine rings is 1. The van der Waals surface area contributed by atoms with Gasteiger partial charge in [-0.25, -0.2) is 8.42 Å². The van der Waals surface area contributed by atoms with Gasteiger partial charge in [-0.15, -0.1) is 0 Å². The zero-order chi connectivity index (χ0) is 21.3. The number of nitrogens with zero attached hydrogens (tertiary/aromatic N) is 1. The standard InChI is InChI=1S/C21H27NO6S/c1-4-14-12-22(29(26,27)15-7-5-13(2)6-8-15)18-11-17(14)19(21(25)28-3)16(9-10-23)20(18)24/h4-8,16-19,23H,9-12H2,1-3H3/b14-4-/t16-,17-,18-,19-/m0/s1. The minimum Gasteiger partial charge on any atom is -0.469 e. The van der Waals surface area contributed by atoms with E-state index in [0.29, 0.717) is 0 Å². The predicted octanol–water partition coefficient (Wildman–Crippen LogP) is 1.69. The molecule has 0 amide bonds. The Morgan fingerprint density at radius 1 is 1.31 bits per heavy atom. The Balaban J connectivity index is 2.06. The van der Waals surface area contributed by atoms with Crippen molar-refractivity contribution in [1.29, 1.82) is 0 Å². The number of methoxy groups -OCH3 is 1. The Kier molecular flexibility index (Phi) is 6.26. The fourth-order valence-electron chi connectivity index (χ4n) is 4.59. The Morgan fingerprint density at radius 3 is 2.52 bits per heavy atom. The molecule has 2 bridgehead atoms. The number of aliphatic hydroxyl groups excluding tert-OH is 1. The Labute approximate surface area is 171 Å². The average molecular weight is 422 g/mol. The second kappa shape index (κ2) is 8.38. The molecule has 1 aliphatic heterocycles. The van der Waals surface area contributed by atoms with Gasteiger partial charge in [0.15, 0.2) is 5.78 Å². The number of aliphatic hydroxyl groups is 1. The van der Waals surface area contributed by atoms with Gasteiger partial charge in [0.05, 0.1) is 24.0 Å². The number of Topliss-reactive ketones (excluding diaryl/α,β-unsaturated/α-hetero) is 1. The van der Waals surface area contributed by atoms with Crippen LogP contribution in [0.1, 0.15) is 25.3 Å². The molecule has 0 spiro atoms. The van der Waals surface area contributed by atoms with Crippen LogP contribution in [0.3, 0.4) is 0 Å². The topological polar surface area (TPSA) is 101 Å². The van der Waals surface area contributed by atoms with Gasteiger partial charge in [0.25, 0.3) is 0 Å². The molecule has 1 N–H and O–H groups in total. The summed E-state index contributed by atoms with van der Waals surface area (Å²) in [6, 6.07) is 5.68. The summed E-state index contributed by atoms with van der Waals surface area (Å²) in [7, 11) is -2.62. The van der Waals surface area contributed by atoms with E-state index in [1.807, 2.05) is 13.0 Å². The number of allylic oxidation sites excluding steroid dienone is 1. The number of ketones is 1. The van der Waals surface area contributed by atoms with E-state index in [4.69, 9.17) is 4.74 Å². The first-order chi connectivity index (χ1) is 13.8. The summed E-state index contributed by atoms with van der Waals surface area (Å²) in [5, 5.41) is 9.47. The molecule has 4 atom stereocenters. The van der Waals surface area contributed by atoms with Crippen molar-refractivity contribution in [1.82, 2.24) is 4.31 Å². The predicted molar refractivity (Wildman–Crippen MR) is 106 cm³/mol. The minimum atomic E-state index is -3.89. The Hall–Kier alpha value is -2.03. The molecule has 158 valence electrons. The molecule has 1 saturated carbocycles. The van der Waals surface area contributed by atoms with Gasteiger partial charge in [-0.3, -0.25) is 9.59 Å². The zero-order valence-corrected chi connectivity index (χ0v) is 17.7. The van der Waals surface area contributed by atoms with Gasteiger partial charge in [-0.1, -0.05) is 29.3 Å². The molecule has 2 fully saturated rings. The number of carbonyl (C=O) groups excluding carboxylic acids is 2. The van der Waals surface area contributed by atoms with Gasteiger partial charge in [0.1, 0.15) is 0 Å². The molecule has 0 aromatic heterocycles. The first-order valence-electron chi connectivity index (χ1n) is 9.72. The van der Waals surface area contributed by atoms with Gasteiger partial charge in [-0.05, 0) is 44.7 Å². The van der Waals surface area contributed by atoms with E-state index >= 15 is 0 Å². The van der Waals surface area contributed by atoms with Crippen molar-refractivity contribution in [3.05, 3.63) is 41.5 Å². The van der Waals surface area contributed by atoms with Crippen molar-refractivity contribution in [2.45, 2.75) is 37.6 Å². The fourth-order valence-corrected chi connectivity index (χ4v) is 6.18. The molecular weight excluding hydrogens is 394 g/mol. The number of carbonyl (C=O) groups is 2. The van der Waals surface area contributed by atoms with Gasteiger partial charge >= 0.3 is 5.97 Å². The SMILES string of the molecule is C/C=C1/CN(S(=O)(=O)c2ccc(C)cc2)[C@H]2C[C@@H]1[C@@H](C(=O)OC)[C@H](CCO)C2=O. The summed E-state index contributed by atoms with van der Waals surface area (Å²) in [6.07, 6.45) is 2.16. The summed E-state index contributed by atoms with van der Waals surface area (Å²) < 4.78 is 32.9. The van der Waals surface area contributed by atoms with Gasteiger partial charge < -0.3 is 9.84 Å². The highest BCUT2D eigenvalue weighted by molar-refractivity contribution is 7.89. The summed E-state index contributed by atoms with van der Waals surface area (Å²) in [6.45, 7) is 3.47. The maximum Gasteiger partial charge on any atom is 0.310 e. The van der Waals surface area contributed by atoms with Gasteiger partial charge in [0.2, 0.25) is 10.0 Å². The van der Waals surface area contributed by atoms with Crippen LogP contribution in [0.15, 0.2) is 40.8 Å². The molecule has 29 heavy (non-hydrogen) atoms. The number of rotatable bonds is 5. The maximum absolute atomic E-state index is 13.3. The summed E-state index contributed by atoms with van der Waals surface area (Å²) in [5.41, 5.74) is 1.73. The molecule has 1 aliphatic carbocycles. The van der Waals surface area contributed by atoms with E-state index in [9.17, 15) is 23.1 Å². The fraction of sp³-hybridized carbons (Fsp3) is 0.524. The van der Waals surface area contributed by atoms with Crippen LogP contribution < -0.4 is 0 Å². The smallest absolute Gasteiger partial charge is 0.310 e. The number of benzene rings is 1. The summed E-state index contributed by atoms with van der Waals surface area (Å²) in [4.78, 5) is 25.9. The molecule has 1 aromatic rings. The van der Waals surface area contributed by atoms with E-state index in [1.54, 1.807) is 31.2 Å².